The molecule has 3 heterocycles. The molecular formula is C36H25NO2. The van der Waals surface area contributed by atoms with Crippen LogP contribution in [0.15, 0.2) is 126 Å². The zero-order chi connectivity index (χ0) is 25.5. The fraction of sp³-hybridized carbons (Fsp3) is 0.111. The maximum absolute atomic E-state index is 6.40. The van der Waals surface area contributed by atoms with E-state index in [0.717, 1.165) is 39.8 Å². The summed E-state index contributed by atoms with van der Waals surface area (Å²) in [6.45, 7) is 0. The molecule has 3 heteroatoms. The van der Waals surface area contributed by atoms with E-state index in [1.54, 1.807) is 0 Å². The van der Waals surface area contributed by atoms with E-state index >= 15 is 0 Å². The molecule has 0 N–H and O–H groups in total. The quantitative estimate of drug-likeness (QED) is 0.220. The highest BCUT2D eigenvalue weighted by molar-refractivity contribution is 6.10. The maximum Gasteiger partial charge on any atom is 0.135 e. The van der Waals surface area contributed by atoms with Crippen molar-refractivity contribution in [2.45, 2.75) is 24.4 Å². The minimum atomic E-state index is 0.192. The summed E-state index contributed by atoms with van der Waals surface area (Å²) in [5, 5.41) is 4.84. The van der Waals surface area contributed by atoms with Gasteiger partial charge in [-0.3, -0.25) is 0 Å². The van der Waals surface area contributed by atoms with Gasteiger partial charge in [0.05, 0.1) is 11.0 Å². The predicted molar refractivity (Wildman–Crippen MR) is 158 cm³/mol. The summed E-state index contributed by atoms with van der Waals surface area (Å²) in [4.78, 5) is 0. The van der Waals surface area contributed by atoms with Crippen LogP contribution in [0.1, 0.15) is 29.4 Å². The molecule has 9 rings (SSSR count). The Balaban J connectivity index is 1.13. The van der Waals surface area contributed by atoms with Crippen LogP contribution in [0.5, 0.6) is 5.75 Å². The number of aromatic nitrogens is 1. The van der Waals surface area contributed by atoms with Gasteiger partial charge in [-0.2, -0.15) is 0 Å². The molecule has 1 aliphatic heterocycles. The summed E-state index contributed by atoms with van der Waals surface area (Å²) in [5.74, 6) is 1.70. The Hall–Kier alpha value is -4.76. The first-order valence-corrected chi connectivity index (χ1v) is 13.7. The minimum absolute atomic E-state index is 0.192. The van der Waals surface area contributed by atoms with Gasteiger partial charge >= 0.3 is 0 Å². The number of nitrogens with zero attached hydrogens (tertiary/aromatic N) is 1. The molecule has 3 unspecified atom stereocenters. The van der Waals surface area contributed by atoms with Crippen LogP contribution in [0, 0.1) is 0 Å². The van der Waals surface area contributed by atoms with Gasteiger partial charge in [-0.1, -0.05) is 78.9 Å². The van der Waals surface area contributed by atoms with Crippen LogP contribution in [-0.4, -0.2) is 10.7 Å². The van der Waals surface area contributed by atoms with Crippen LogP contribution in [0.3, 0.4) is 0 Å². The van der Waals surface area contributed by atoms with Gasteiger partial charge in [0.15, 0.2) is 0 Å². The van der Waals surface area contributed by atoms with Crippen molar-refractivity contribution in [3.8, 4) is 11.4 Å². The van der Waals surface area contributed by atoms with Crippen molar-refractivity contribution >= 4 is 43.7 Å². The molecule has 3 nitrogen and oxygen atoms in total. The number of allylic oxidation sites excluding steroid dienone is 1. The lowest BCUT2D eigenvalue weighted by molar-refractivity contribution is 0.197. The van der Waals surface area contributed by atoms with Crippen molar-refractivity contribution in [1.82, 2.24) is 4.57 Å². The van der Waals surface area contributed by atoms with Gasteiger partial charge in [0.1, 0.15) is 23.0 Å². The van der Waals surface area contributed by atoms with Gasteiger partial charge in [0.25, 0.3) is 0 Å². The summed E-state index contributed by atoms with van der Waals surface area (Å²) >= 11 is 0. The Bertz CT molecular complexity index is 2060. The van der Waals surface area contributed by atoms with Gasteiger partial charge < -0.3 is 13.7 Å². The Labute approximate surface area is 225 Å². The molecule has 0 saturated carbocycles. The van der Waals surface area contributed by atoms with Gasteiger partial charge in [0, 0.05) is 44.6 Å². The zero-order valence-corrected chi connectivity index (χ0v) is 21.2. The molecule has 5 aromatic carbocycles. The highest BCUT2D eigenvalue weighted by Gasteiger charge is 2.36. The van der Waals surface area contributed by atoms with E-state index in [2.05, 4.69) is 126 Å². The van der Waals surface area contributed by atoms with E-state index < -0.39 is 0 Å². The molecular weight excluding hydrogens is 478 g/mol. The standard InChI is InChI=1S/C36H25NO2/c1-4-10-31-25(7-1)26-8-2-5-11-32(26)37(31)24-15-18-34-30(21-24)29-17-14-23(20-36(29)39-34)22-13-16-28-27-9-3-6-12-33(27)38-35(28)19-22/h1-18,20-22,28,35H,19H2. The monoisotopic (exact) mass is 503 g/mol. The molecule has 0 bridgehead atoms. The van der Waals surface area contributed by atoms with E-state index in [-0.39, 0.29) is 6.10 Å². The Morgan fingerprint density at radius 2 is 1.38 bits per heavy atom. The number of benzene rings is 5. The van der Waals surface area contributed by atoms with E-state index in [1.165, 1.54) is 32.9 Å². The summed E-state index contributed by atoms with van der Waals surface area (Å²) in [6.07, 6.45) is 5.86. The average molecular weight is 504 g/mol. The average Bonchev–Trinajstić information content (AvgIpc) is 3.65. The number of hydrogen-bond acceptors (Lipinski definition) is 2. The zero-order valence-electron chi connectivity index (χ0n) is 21.2. The molecule has 1 aliphatic carbocycles. The highest BCUT2D eigenvalue weighted by Crippen LogP contribution is 2.46. The number of rotatable bonds is 2. The summed E-state index contributed by atoms with van der Waals surface area (Å²) in [6, 6.07) is 39.0. The van der Waals surface area contributed by atoms with E-state index in [0.29, 0.717) is 11.8 Å². The van der Waals surface area contributed by atoms with Crippen LogP contribution in [0.2, 0.25) is 0 Å². The van der Waals surface area contributed by atoms with Gasteiger partial charge in [0.2, 0.25) is 0 Å². The third-order valence-corrected chi connectivity index (χ3v) is 8.74. The first-order chi connectivity index (χ1) is 19.3. The second-order valence-corrected chi connectivity index (χ2v) is 10.9. The van der Waals surface area contributed by atoms with Crippen molar-refractivity contribution in [2.75, 3.05) is 0 Å². The van der Waals surface area contributed by atoms with Gasteiger partial charge in [-0.15, -0.1) is 0 Å². The lowest BCUT2D eigenvalue weighted by atomic mass is 9.80. The van der Waals surface area contributed by atoms with Crippen LogP contribution >= 0.6 is 0 Å². The molecule has 0 radical (unpaired) electrons. The van der Waals surface area contributed by atoms with E-state index in [4.69, 9.17) is 9.15 Å². The van der Waals surface area contributed by atoms with Crippen LogP contribution in [-0.2, 0) is 0 Å². The molecule has 3 atom stereocenters. The number of para-hydroxylation sites is 3. The second-order valence-electron chi connectivity index (χ2n) is 10.9. The van der Waals surface area contributed by atoms with Crippen LogP contribution in [0.4, 0.5) is 0 Å². The Morgan fingerprint density at radius 1 is 0.615 bits per heavy atom. The first kappa shape index (κ1) is 21.2. The predicted octanol–water partition coefficient (Wildman–Crippen LogP) is 9.27. The maximum atomic E-state index is 6.40. The lowest BCUT2D eigenvalue weighted by Gasteiger charge is -2.26. The fourth-order valence-electron chi connectivity index (χ4n) is 6.90. The highest BCUT2D eigenvalue weighted by atomic mass is 16.5. The summed E-state index contributed by atoms with van der Waals surface area (Å²) < 4.78 is 15.1. The summed E-state index contributed by atoms with van der Waals surface area (Å²) in [7, 11) is 0. The second kappa shape index (κ2) is 7.87. The number of fused-ring (bicyclic) bond motifs is 9. The third-order valence-electron chi connectivity index (χ3n) is 8.74. The molecule has 0 fully saturated rings. The molecule has 0 saturated heterocycles. The molecule has 2 aromatic heterocycles. The molecule has 39 heavy (non-hydrogen) atoms. The number of furan rings is 1. The molecule has 7 aromatic rings. The minimum Gasteiger partial charge on any atom is -0.489 e. The van der Waals surface area contributed by atoms with Crippen LogP contribution < -0.4 is 4.74 Å². The number of ether oxygens (including phenoxy) is 1. The molecule has 0 spiro atoms. The third kappa shape index (κ3) is 3.04. The largest absolute Gasteiger partial charge is 0.489 e. The van der Waals surface area contributed by atoms with Crippen molar-refractivity contribution in [3.63, 3.8) is 0 Å². The first-order valence-electron chi connectivity index (χ1n) is 13.7. The Kier molecular flexibility index (Phi) is 4.28. The molecule has 186 valence electrons. The number of hydrogen-bond donors (Lipinski definition) is 0. The van der Waals surface area contributed by atoms with Crippen molar-refractivity contribution < 1.29 is 9.15 Å². The van der Waals surface area contributed by atoms with E-state index in [1.807, 2.05) is 0 Å². The smallest absolute Gasteiger partial charge is 0.135 e. The summed E-state index contributed by atoms with van der Waals surface area (Å²) in [5.41, 5.74) is 8.01. The Morgan fingerprint density at radius 3 is 2.23 bits per heavy atom. The normalized spacial score (nSPS) is 20.1. The van der Waals surface area contributed by atoms with Crippen molar-refractivity contribution in [1.29, 1.82) is 0 Å². The van der Waals surface area contributed by atoms with Crippen LogP contribution in [0.25, 0.3) is 49.4 Å². The molecule has 2 aliphatic rings. The van der Waals surface area contributed by atoms with Crippen molar-refractivity contribution in [2.24, 2.45) is 0 Å². The van der Waals surface area contributed by atoms with Gasteiger partial charge in [-0.25, -0.2) is 0 Å². The van der Waals surface area contributed by atoms with Crippen molar-refractivity contribution in [3.05, 3.63) is 132 Å². The van der Waals surface area contributed by atoms with E-state index in [9.17, 15) is 0 Å². The SMILES string of the molecule is C1=CC2c3ccccc3OC2CC1c1ccc2c(c1)oc1ccc(-n3c4ccccc4c4ccccc43)cc12. The topological polar surface area (TPSA) is 27.3 Å². The van der Waals surface area contributed by atoms with Gasteiger partial charge in [-0.05, 0) is 54.4 Å². The molecule has 0 amide bonds. The lowest BCUT2D eigenvalue weighted by Crippen LogP contribution is -2.23. The fourth-order valence-corrected chi connectivity index (χ4v) is 6.90.